The number of nitrogens with zero attached hydrogens (tertiary/aromatic N) is 5. The molecular weight excluding hydrogens is 598 g/mol. The van der Waals surface area contributed by atoms with Crippen LogP contribution in [-0.4, -0.2) is 49.5 Å². The van der Waals surface area contributed by atoms with Gasteiger partial charge in [0.1, 0.15) is 17.3 Å². The monoisotopic (exact) mass is 632 g/mol. The van der Waals surface area contributed by atoms with E-state index in [-0.39, 0.29) is 48.6 Å². The SMILES string of the molecule is Cc1nc2ccccn2c(=O)c1CCN1CCC(NCc2nc3ccccc3n2Cc2ccc(F)cc2)CC1.Cl.Cl.Cl. The molecule has 3 aromatic heterocycles. The van der Waals surface area contributed by atoms with Crippen LogP contribution in [0.15, 0.2) is 77.7 Å². The number of halogens is 4. The molecule has 1 N–H and O–H groups in total. The number of fused-ring (bicyclic) bond motifs is 2. The van der Waals surface area contributed by atoms with Crippen LogP contribution in [0.4, 0.5) is 4.39 Å². The number of benzene rings is 2. The highest BCUT2D eigenvalue weighted by Gasteiger charge is 2.21. The number of hydrogen-bond donors (Lipinski definition) is 1. The number of imidazole rings is 1. The van der Waals surface area contributed by atoms with E-state index in [1.165, 1.54) is 12.1 Å². The summed E-state index contributed by atoms with van der Waals surface area (Å²) >= 11 is 0. The molecule has 11 heteroatoms. The molecule has 0 unspecified atom stereocenters. The number of hydrogen-bond acceptors (Lipinski definition) is 5. The van der Waals surface area contributed by atoms with Crippen LogP contribution in [0.2, 0.25) is 0 Å². The first-order valence-corrected chi connectivity index (χ1v) is 13.7. The summed E-state index contributed by atoms with van der Waals surface area (Å²) in [6.07, 6.45) is 4.60. The van der Waals surface area contributed by atoms with Crippen molar-refractivity contribution in [2.24, 2.45) is 0 Å². The number of likely N-dealkylation sites (tertiary alicyclic amines) is 1. The average molecular weight is 634 g/mol. The summed E-state index contributed by atoms with van der Waals surface area (Å²) < 4.78 is 17.3. The largest absolute Gasteiger partial charge is 0.322 e. The summed E-state index contributed by atoms with van der Waals surface area (Å²) in [6.45, 7) is 6.11. The topological polar surface area (TPSA) is 67.5 Å². The van der Waals surface area contributed by atoms with Crippen molar-refractivity contribution in [2.75, 3.05) is 19.6 Å². The molecule has 1 fully saturated rings. The molecule has 0 saturated carbocycles. The van der Waals surface area contributed by atoms with Gasteiger partial charge in [-0.25, -0.2) is 14.4 Å². The zero-order valence-corrected chi connectivity index (χ0v) is 25.9. The lowest BCUT2D eigenvalue weighted by molar-refractivity contribution is 0.198. The Hall–Kier alpha value is -3.01. The summed E-state index contributed by atoms with van der Waals surface area (Å²) in [5.74, 6) is 0.765. The highest BCUT2D eigenvalue weighted by molar-refractivity contribution is 5.86. The first kappa shape index (κ1) is 33.5. The van der Waals surface area contributed by atoms with Gasteiger partial charge in [-0.2, -0.15) is 0 Å². The quantitative estimate of drug-likeness (QED) is 0.241. The van der Waals surface area contributed by atoms with Gasteiger partial charge in [0.15, 0.2) is 0 Å². The van der Waals surface area contributed by atoms with Crippen molar-refractivity contribution in [3.05, 3.63) is 112 Å². The number of piperidine rings is 1. The van der Waals surface area contributed by atoms with E-state index >= 15 is 0 Å². The Labute approximate surface area is 263 Å². The molecular formula is C31H36Cl3FN6O. The Morgan fingerprint density at radius 3 is 2.40 bits per heavy atom. The maximum absolute atomic E-state index is 13.4. The molecule has 0 spiro atoms. The molecule has 5 aromatic rings. The molecule has 4 heterocycles. The normalized spacial score (nSPS) is 13.9. The summed E-state index contributed by atoms with van der Waals surface area (Å²) in [5, 5.41) is 3.73. The second-order valence-corrected chi connectivity index (χ2v) is 10.4. The molecule has 0 amide bonds. The van der Waals surface area contributed by atoms with Gasteiger partial charge in [0.25, 0.3) is 5.56 Å². The lowest BCUT2D eigenvalue weighted by Crippen LogP contribution is -2.43. The lowest BCUT2D eigenvalue weighted by Gasteiger charge is -2.32. The van der Waals surface area contributed by atoms with Crippen molar-refractivity contribution in [2.45, 2.75) is 45.3 Å². The first-order chi connectivity index (χ1) is 19.0. The zero-order valence-electron chi connectivity index (χ0n) is 23.4. The van der Waals surface area contributed by atoms with Gasteiger partial charge >= 0.3 is 0 Å². The number of aromatic nitrogens is 4. The van der Waals surface area contributed by atoms with E-state index in [1.54, 1.807) is 10.6 Å². The van der Waals surface area contributed by atoms with Crippen LogP contribution in [0.25, 0.3) is 16.7 Å². The third-order valence-corrected chi connectivity index (χ3v) is 7.84. The number of pyridine rings is 1. The van der Waals surface area contributed by atoms with Crippen molar-refractivity contribution in [3.8, 4) is 0 Å². The van der Waals surface area contributed by atoms with Gasteiger partial charge < -0.3 is 14.8 Å². The molecule has 0 atom stereocenters. The molecule has 6 rings (SSSR count). The smallest absolute Gasteiger partial charge is 0.261 e. The highest BCUT2D eigenvalue weighted by Crippen LogP contribution is 2.19. The average Bonchev–Trinajstić information content (AvgIpc) is 3.30. The Morgan fingerprint density at radius 2 is 1.64 bits per heavy atom. The van der Waals surface area contributed by atoms with Crippen LogP contribution in [0, 0.1) is 12.7 Å². The second-order valence-electron chi connectivity index (χ2n) is 10.4. The second kappa shape index (κ2) is 14.9. The minimum Gasteiger partial charge on any atom is -0.322 e. The third-order valence-electron chi connectivity index (χ3n) is 7.84. The van der Waals surface area contributed by atoms with Crippen molar-refractivity contribution in [3.63, 3.8) is 0 Å². The molecule has 1 saturated heterocycles. The Morgan fingerprint density at radius 1 is 0.929 bits per heavy atom. The van der Waals surface area contributed by atoms with Crippen LogP contribution in [0.1, 0.15) is 35.5 Å². The summed E-state index contributed by atoms with van der Waals surface area (Å²) in [6, 6.07) is 20.9. The number of rotatable bonds is 8. The standard InChI is InChI=1S/C31H33FN6O.3ClH/c1-22-26(31(39)37-16-5-4-8-29(37)34-22)15-19-36-17-13-25(14-18-36)33-20-30-35-27-6-2-3-7-28(27)38(30)21-23-9-11-24(32)12-10-23;;;/h2-12,16,25,33H,13-15,17-21H2,1H3;3*1H. The van der Waals surface area contributed by atoms with E-state index in [0.29, 0.717) is 31.2 Å². The van der Waals surface area contributed by atoms with Crippen molar-refractivity contribution < 1.29 is 4.39 Å². The van der Waals surface area contributed by atoms with Gasteiger partial charge in [-0.1, -0.05) is 30.3 Å². The van der Waals surface area contributed by atoms with E-state index in [1.807, 2.05) is 55.5 Å². The molecule has 7 nitrogen and oxygen atoms in total. The molecule has 2 aromatic carbocycles. The third kappa shape index (κ3) is 7.30. The van der Waals surface area contributed by atoms with Gasteiger partial charge in [-0.05, 0) is 81.2 Å². The van der Waals surface area contributed by atoms with Crippen LogP contribution >= 0.6 is 37.2 Å². The summed E-state index contributed by atoms with van der Waals surface area (Å²) in [4.78, 5) is 25.0. The molecule has 42 heavy (non-hydrogen) atoms. The zero-order chi connectivity index (χ0) is 26.8. The number of aryl methyl sites for hydroxylation is 1. The Balaban J connectivity index is 0.00000161. The maximum atomic E-state index is 13.4. The minimum absolute atomic E-state index is 0. The predicted octanol–water partition coefficient (Wildman–Crippen LogP) is 5.60. The summed E-state index contributed by atoms with van der Waals surface area (Å²) in [5.41, 5.74) is 5.47. The van der Waals surface area contributed by atoms with Crippen molar-refractivity contribution in [1.29, 1.82) is 0 Å². The van der Waals surface area contributed by atoms with Gasteiger partial charge in [0.2, 0.25) is 0 Å². The Kier molecular flexibility index (Phi) is 11.9. The maximum Gasteiger partial charge on any atom is 0.261 e. The fourth-order valence-electron chi connectivity index (χ4n) is 5.60. The van der Waals surface area contributed by atoms with Gasteiger partial charge in [0, 0.05) is 36.6 Å². The molecule has 0 radical (unpaired) electrons. The van der Waals surface area contributed by atoms with E-state index in [4.69, 9.17) is 4.98 Å². The van der Waals surface area contributed by atoms with Gasteiger partial charge in [0.05, 0.1) is 17.6 Å². The fourth-order valence-corrected chi connectivity index (χ4v) is 5.60. The number of para-hydroxylation sites is 2. The van der Waals surface area contributed by atoms with Crippen LogP contribution in [0.3, 0.4) is 0 Å². The van der Waals surface area contributed by atoms with Crippen LogP contribution < -0.4 is 10.9 Å². The summed E-state index contributed by atoms with van der Waals surface area (Å²) in [7, 11) is 0. The molecule has 1 aliphatic heterocycles. The van der Waals surface area contributed by atoms with Crippen molar-refractivity contribution >= 4 is 53.9 Å². The lowest BCUT2D eigenvalue weighted by atomic mass is 10.0. The predicted molar refractivity (Wildman–Crippen MR) is 173 cm³/mol. The fraction of sp³-hybridized carbons (Fsp3) is 0.323. The number of nitrogens with one attached hydrogen (secondary N) is 1. The van der Waals surface area contributed by atoms with E-state index in [0.717, 1.165) is 66.2 Å². The molecule has 1 aliphatic rings. The van der Waals surface area contributed by atoms with E-state index in [2.05, 4.69) is 25.8 Å². The minimum atomic E-state index is -0.223. The van der Waals surface area contributed by atoms with E-state index < -0.39 is 0 Å². The molecule has 224 valence electrons. The van der Waals surface area contributed by atoms with Crippen LogP contribution in [0.5, 0.6) is 0 Å². The first-order valence-electron chi connectivity index (χ1n) is 13.7. The van der Waals surface area contributed by atoms with Crippen LogP contribution in [-0.2, 0) is 19.5 Å². The van der Waals surface area contributed by atoms with Crippen molar-refractivity contribution in [1.82, 2.24) is 29.2 Å². The Bertz CT molecular complexity index is 1670. The van der Waals surface area contributed by atoms with Gasteiger partial charge in [-0.3, -0.25) is 9.20 Å². The van der Waals surface area contributed by atoms with Gasteiger partial charge in [-0.15, -0.1) is 37.2 Å². The molecule has 0 bridgehead atoms. The highest BCUT2D eigenvalue weighted by atomic mass is 35.5. The molecule has 0 aliphatic carbocycles. The van der Waals surface area contributed by atoms with E-state index in [9.17, 15) is 9.18 Å².